The van der Waals surface area contributed by atoms with E-state index in [1.54, 1.807) is 0 Å². The van der Waals surface area contributed by atoms with Gasteiger partial charge < -0.3 is 9.84 Å². The molecule has 0 heterocycles. The minimum absolute atomic E-state index is 0.248. The molecular weight excluding hydrogens is 394 g/mol. The summed E-state index contributed by atoms with van der Waals surface area (Å²) in [6, 6.07) is 10.0. The maximum atomic E-state index is 14.4. The van der Waals surface area contributed by atoms with Crippen molar-refractivity contribution in [2.75, 3.05) is 7.11 Å². The molecule has 2 aromatic rings. The molecule has 2 rings (SSSR count). The van der Waals surface area contributed by atoms with Gasteiger partial charge in [-0.2, -0.15) is 8.78 Å². The molecule has 1 atom stereocenters. The molecule has 0 fully saturated rings. The average Bonchev–Trinajstić information content (AvgIpc) is 2.54. The van der Waals surface area contributed by atoms with Crippen LogP contribution in [0.2, 0.25) is 0 Å². The van der Waals surface area contributed by atoms with E-state index in [9.17, 15) is 22.3 Å². The Bertz CT molecular complexity index is 794. The molecule has 1 N–H and O–H groups in total. The standard InChI is InChI=1S/C15H13BrF2O4S/c1-22-13-8-7-10(9-12(13)16)14(19)15(17,18)23(20,21)11-5-3-2-4-6-11/h2-9,14,19H,1H3. The Kier molecular flexibility index (Phi) is 5.07. The van der Waals surface area contributed by atoms with E-state index < -0.39 is 26.1 Å². The molecule has 0 aliphatic rings. The van der Waals surface area contributed by atoms with Crippen LogP contribution in [0.3, 0.4) is 0 Å². The van der Waals surface area contributed by atoms with Gasteiger partial charge >= 0.3 is 5.25 Å². The number of hydrogen-bond donors (Lipinski definition) is 1. The van der Waals surface area contributed by atoms with Gasteiger partial charge in [-0.25, -0.2) is 8.42 Å². The molecule has 1 unspecified atom stereocenters. The van der Waals surface area contributed by atoms with Gasteiger partial charge in [0, 0.05) is 0 Å². The van der Waals surface area contributed by atoms with Gasteiger partial charge in [-0.05, 0) is 45.8 Å². The molecule has 0 radical (unpaired) electrons. The lowest BCUT2D eigenvalue weighted by Crippen LogP contribution is -2.36. The molecular formula is C15H13BrF2O4S. The predicted molar refractivity (Wildman–Crippen MR) is 84.2 cm³/mol. The SMILES string of the molecule is COc1ccc(C(O)C(F)(F)S(=O)(=O)c2ccccc2)cc1Br. The molecule has 0 amide bonds. The molecule has 4 nitrogen and oxygen atoms in total. The van der Waals surface area contributed by atoms with Crippen LogP contribution in [0.25, 0.3) is 0 Å². The Morgan fingerprint density at radius 3 is 2.30 bits per heavy atom. The van der Waals surface area contributed by atoms with Crippen LogP contribution in [0.5, 0.6) is 5.75 Å². The zero-order chi connectivity index (χ0) is 17.3. The summed E-state index contributed by atoms with van der Waals surface area (Å²) in [5.41, 5.74) is -0.248. The summed E-state index contributed by atoms with van der Waals surface area (Å²) in [6.07, 6.45) is -2.52. The fourth-order valence-electron chi connectivity index (χ4n) is 1.95. The minimum Gasteiger partial charge on any atom is -0.496 e. The molecule has 0 saturated heterocycles. The molecule has 8 heteroatoms. The van der Waals surface area contributed by atoms with Gasteiger partial charge in [0.25, 0.3) is 0 Å². The summed E-state index contributed by atoms with van der Waals surface area (Å²) in [6.45, 7) is 0. The van der Waals surface area contributed by atoms with Crippen molar-refractivity contribution >= 4 is 25.8 Å². The van der Waals surface area contributed by atoms with E-state index in [0.29, 0.717) is 10.2 Å². The molecule has 0 saturated carbocycles. The normalized spacial score (nSPS) is 13.6. The smallest absolute Gasteiger partial charge is 0.379 e. The Hall–Kier alpha value is -1.51. The van der Waals surface area contributed by atoms with Gasteiger partial charge in [0.15, 0.2) is 6.10 Å². The lowest BCUT2D eigenvalue weighted by atomic mass is 10.1. The maximum Gasteiger partial charge on any atom is 0.379 e. The summed E-state index contributed by atoms with van der Waals surface area (Å²) in [7, 11) is -3.65. The number of alkyl halides is 2. The van der Waals surface area contributed by atoms with E-state index in [4.69, 9.17) is 4.74 Å². The zero-order valence-electron chi connectivity index (χ0n) is 11.9. The third kappa shape index (κ3) is 3.24. The monoisotopic (exact) mass is 406 g/mol. The summed E-state index contributed by atoms with van der Waals surface area (Å²) >= 11 is 3.11. The lowest BCUT2D eigenvalue weighted by Gasteiger charge is -2.23. The molecule has 2 aromatic carbocycles. The van der Waals surface area contributed by atoms with E-state index in [2.05, 4.69) is 15.9 Å². The van der Waals surface area contributed by atoms with Gasteiger partial charge in [-0.15, -0.1) is 0 Å². The minimum atomic E-state index is -5.04. The number of aliphatic hydroxyl groups excluding tert-OH is 1. The third-order valence-corrected chi connectivity index (χ3v) is 5.67. The first-order chi connectivity index (χ1) is 10.7. The van der Waals surface area contributed by atoms with E-state index in [1.807, 2.05) is 0 Å². The van der Waals surface area contributed by atoms with Crippen molar-refractivity contribution in [2.45, 2.75) is 16.3 Å². The molecule has 124 valence electrons. The van der Waals surface area contributed by atoms with E-state index in [-0.39, 0.29) is 5.56 Å². The van der Waals surface area contributed by atoms with Crippen molar-refractivity contribution in [2.24, 2.45) is 0 Å². The van der Waals surface area contributed by atoms with E-state index >= 15 is 0 Å². The van der Waals surface area contributed by atoms with Crippen molar-refractivity contribution in [3.63, 3.8) is 0 Å². The second-order valence-corrected chi connectivity index (χ2v) is 7.55. The zero-order valence-corrected chi connectivity index (χ0v) is 14.3. The van der Waals surface area contributed by atoms with Gasteiger partial charge in [0.2, 0.25) is 9.84 Å². The van der Waals surface area contributed by atoms with Crippen molar-refractivity contribution < 1.29 is 27.0 Å². The number of sulfone groups is 1. The molecule has 0 spiro atoms. The summed E-state index contributed by atoms with van der Waals surface area (Å²) in [4.78, 5) is -0.559. The number of hydrogen-bond acceptors (Lipinski definition) is 4. The highest BCUT2D eigenvalue weighted by Gasteiger charge is 2.53. The average molecular weight is 407 g/mol. The quantitative estimate of drug-likeness (QED) is 0.824. The van der Waals surface area contributed by atoms with Crippen molar-refractivity contribution in [1.29, 1.82) is 0 Å². The van der Waals surface area contributed by atoms with Crippen LogP contribution < -0.4 is 4.74 Å². The van der Waals surface area contributed by atoms with Crippen LogP contribution in [-0.2, 0) is 9.84 Å². The number of halogens is 3. The summed E-state index contributed by atoms with van der Waals surface area (Å²) in [5.74, 6) is 0.371. The lowest BCUT2D eigenvalue weighted by molar-refractivity contribution is -0.0435. The fraction of sp³-hybridized carbons (Fsp3) is 0.200. The molecule has 23 heavy (non-hydrogen) atoms. The first-order valence-electron chi connectivity index (χ1n) is 6.41. The molecule has 0 aliphatic carbocycles. The molecule has 0 aliphatic heterocycles. The highest BCUT2D eigenvalue weighted by molar-refractivity contribution is 9.10. The van der Waals surface area contributed by atoms with Crippen LogP contribution in [0.1, 0.15) is 11.7 Å². The number of aliphatic hydroxyl groups is 1. The number of benzene rings is 2. The van der Waals surface area contributed by atoms with Crippen molar-refractivity contribution in [1.82, 2.24) is 0 Å². The summed E-state index contributed by atoms with van der Waals surface area (Å²) < 4.78 is 58.3. The van der Waals surface area contributed by atoms with Crippen LogP contribution in [0, 0.1) is 0 Å². The van der Waals surface area contributed by atoms with Gasteiger partial charge in [-0.3, -0.25) is 0 Å². The second kappa shape index (κ2) is 6.54. The molecule has 0 aromatic heterocycles. The Balaban J connectivity index is 2.44. The largest absolute Gasteiger partial charge is 0.496 e. The second-order valence-electron chi connectivity index (χ2n) is 4.67. The Labute approximate surface area is 140 Å². The molecule has 0 bridgehead atoms. The van der Waals surface area contributed by atoms with Crippen LogP contribution in [0.4, 0.5) is 8.78 Å². The number of rotatable bonds is 5. The maximum absolute atomic E-state index is 14.4. The number of ether oxygens (including phenoxy) is 1. The van der Waals surface area contributed by atoms with Gasteiger partial charge in [-0.1, -0.05) is 24.3 Å². The van der Waals surface area contributed by atoms with Crippen LogP contribution in [0.15, 0.2) is 57.9 Å². The van der Waals surface area contributed by atoms with Gasteiger partial charge in [0.05, 0.1) is 16.5 Å². The summed E-state index contributed by atoms with van der Waals surface area (Å²) in [5, 5.41) is 5.56. The highest BCUT2D eigenvalue weighted by Crippen LogP contribution is 2.41. The fourth-order valence-corrected chi connectivity index (χ4v) is 3.77. The van der Waals surface area contributed by atoms with E-state index in [0.717, 1.165) is 12.1 Å². The first kappa shape index (κ1) is 17.8. The highest BCUT2D eigenvalue weighted by atomic mass is 79.9. The van der Waals surface area contributed by atoms with Crippen LogP contribution in [-0.4, -0.2) is 25.9 Å². The number of methoxy groups -OCH3 is 1. The van der Waals surface area contributed by atoms with Crippen molar-refractivity contribution in [3.05, 3.63) is 58.6 Å². The Morgan fingerprint density at radius 2 is 1.78 bits per heavy atom. The van der Waals surface area contributed by atoms with Crippen molar-refractivity contribution in [3.8, 4) is 5.75 Å². The third-order valence-electron chi connectivity index (χ3n) is 3.22. The van der Waals surface area contributed by atoms with Gasteiger partial charge in [0.1, 0.15) is 5.75 Å². The predicted octanol–water partition coefficient (Wildman–Crippen LogP) is 3.56. The van der Waals surface area contributed by atoms with Crippen LogP contribution >= 0.6 is 15.9 Å². The van der Waals surface area contributed by atoms with E-state index in [1.165, 1.54) is 43.5 Å². The Morgan fingerprint density at radius 1 is 1.17 bits per heavy atom. The topological polar surface area (TPSA) is 63.6 Å². The first-order valence-corrected chi connectivity index (χ1v) is 8.68.